The van der Waals surface area contributed by atoms with Gasteiger partial charge in [0.2, 0.25) is 11.8 Å². The van der Waals surface area contributed by atoms with E-state index in [1.165, 1.54) is 6.92 Å². The lowest BCUT2D eigenvalue weighted by Gasteiger charge is -2.30. The van der Waals surface area contributed by atoms with Crippen LogP contribution in [0.4, 0.5) is 0 Å². The van der Waals surface area contributed by atoms with E-state index in [0.717, 1.165) is 43.6 Å². The van der Waals surface area contributed by atoms with E-state index in [2.05, 4.69) is 17.6 Å². The number of carbonyl (C=O) groups excluding carboxylic acids is 2. The summed E-state index contributed by atoms with van der Waals surface area (Å²) in [5.41, 5.74) is 2.14. The van der Waals surface area contributed by atoms with Crippen LogP contribution in [0.3, 0.4) is 0 Å². The Kier molecular flexibility index (Phi) is 8.93. The number of amides is 2. The predicted molar refractivity (Wildman–Crippen MR) is 103 cm³/mol. The van der Waals surface area contributed by atoms with Crippen LogP contribution >= 0.6 is 12.4 Å². The number of benzene rings is 1. The van der Waals surface area contributed by atoms with Crippen molar-refractivity contribution in [3.63, 3.8) is 0 Å². The van der Waals surface area contributed by atoms with E-state index in [4.69, 9.17) is 0 Å². The lowest BCUT2D eigenvalue weighted by atomic mass is 10.0. The number of hydrogen-bond acceptors (Lipinski definition) is 3. The van der Waals surface area contributed by atoms with Gasteiger partial charge < -0.3 is 15.5 Å². The van der Waals surface area contributed by atoms with Crippen molar-refractivity contribution in [1.29, 1.82) is 0 Å². The van der Waals surface area contributed by atoms with Crippen LogP contribution in [0.2, 0.25) is 0 Å². The molecule has 0 radical (unpaired) electrons. The van der Waals surface area contributed by atoms with E-state index >= 15 is 0 Å². The van der Waals surface area contributed by atoms with Crippen LogP contribution in [0, 0.1) is 6.92 Å². The van der Waals surface area contributed by atoms with Crippen molar-refractivity contribution in [2.75, 3.05) is 19.6 Å². The zero-order valence-corrected chi connectivity index (χ0v) is 16.2. The molecule has 2 unspecified atom stereocenters. The van der Waals surface area contributed by atoms with Gasteiger partial charge in [0.25, 0.3) is 0 Å². The molecule has 1 aliphatic rings. The van der Waals surface area contributed by atoms with Crippen LogP contribution in [0.1, 0.15) is 50.3 Å². The highest BCUT2D eigenvalue weighted by molar-refractivity contribution is 5.85. The van der Waals surface area contributed by atoms with Crippen LogP contribution < -0.4 is 10.6 Å². The molecule has 5 nitrogen and oxygen atoms in total. The van der Waals surface area contributed by atoms with Crippen molar-refractivity contribution >= 4 is 24.2 Å². The van der Waals surface area contributed by atoms with E-state index in [1.807, 2.05) is 36.1 Å². The van der Waals surface area contributed by atoms with Gasteiger partial charge >= 0.3 is 0 Å². The molecule has 0 bridgehead atoms. The summed E-state index contributed by atoms with van der Waals surface area (Å²) < 4.78 is 0. The van der Waals surface area contributed by atoms with Gasteiger partial charge in [-0.25, -0.2) is 0 Å². The molecule has 0 aliphatic carbocycles. The summed E-state index contributed by atoms with van der Waals surface area (Å²) in [5, 5.41) is 6.26. The normalized spacial score (nSPS) is 17.5. The third-order valence-corrected chi connectivity index (χ3v) is 4.50. The first kappa shape index (κ1) is 21.5. The molecule has 0 spiro atoms. The zero-order valence-electron chi connectivity index (χ0n) is 15.4. The Morgan fingerprint density at radius 1 is 1.32 bits per heavy atom. The van der Waals surface area contributed by atoms with Crippen LogP contribution in [0.15, 0.2) is 24.3 Å². The van der Waals surface area contributed by atoms with Crippen molar-refractivity contribution in [3.8, 4) is 0 Å². The Bertz CT molecular complexity index is 556. The topological polar surface area (TPSA) is 61.4 Å². The SMILES string of the molecule is CCCN(C(=O)CC(NC(C)=O)c1ccc(C)cc1)C1CCNC1.Cl. The first-order valence-corrected chi connectivity index (χ1v) is 8.85. The Hall–Kier alpha value is -1.59. The quantitative estimate of drug-likeness (QED) is 0.778. The highest BCUT2D eigenvalue weighted by Gasteiger charge is 2.28. The summed E-state index contributed by atoms with van der Waals surface area (Å²) in [5.74, 6) is 0.00262. The summed E-state index contributed by atoms with van der Waals surface area (Å²) in [6.07, 6.45) is 2.25. The minimum Gasteiger partial charge on any atom is -0.349 e. The summed E-state index contributed by atoms with van der Waals surface area (Å²) >= 11 is 0. The average Bonchev–Trinajstić information content (AvgIpc) is 3.06. The number of halogens is 1. The van der Waals surface area contributed by atoms with Gasteiger partial charge in [-0.3, -0.25) is 9.59 Å². The Labute approximate surface area is 157 Å². The lowest BCUT2D eigenvalue weighted by molar-refractivity contribution is -0.134. The second-order valence-electron chi connectivity index (χ2n) is 6.60. The number of nitrogens with zero attached hydrogens (tertiary/aromatic N) is 1. The smallest absolute Gasteiger partial charge is 0.225 e. The molecule has 0 saturated carbocycles. The molecule has 2 atom stereocenters. The second kappa shape index (κ2) is 10.4. The maximum Gasteiger partial charge on any atom is 0.225 e. The molecule has 1 aromatic rings. The number of nitrogens with one attached hydrogen (secondary N) is 2. The Morgan fingerprint density at radius 2 is 2.00 bits per heavy atom. The molecule has 1 heterocycles. The van der Waals surface area contributed by atoms with Crippen LogP contribution in [0.25, 0.3) is 0 Å². The van der Waals surface area contributed by atoms with Gasteiger partial charge in [0.15, 0.2) is 0 Å². The van der Waals surface area contributed by atoms with E-state index < -0.39 is 0 Å². The first-order chi connectivity index (χ1) is 11.5. The summed E-state index contributed by atoms with van der Waals surface area (Å²) in [6.45, 7) is 8.21. The molecule has 0 aromatic heterocycles. The monoisotopic (exact) mass is 367 g/mol. The van der Waals surface area contributed by atoms with Gasteiger partial charge in [-0.05, 0) is 31.9 Å². The number of hydrogen-bond donors (Lipinski definition) is 2. The third kappa shape index (κ3) is 6.33. The second-order valence-corrected chi connectivity index (χ2v) is 6.60. The fourth-order valence-electron chi connectivity index (χ4n) is 3.25. The van der Waals surface area contributed by atoms with Gasteiger partial charge in [-0.2, -0.15) is 0 Å². The number of rotatable bonds is 7. The van der Waals surface area contributed by atoms with E-state index in [0.29, 0.717) is 6.42 Å². The summed E-state index contributed by atoms with van der Waals surface area (Å²) in [4.78, 5) is 26.5. The van der Waals surface area contributed by atoms with E-state index in [1.54, 1.807) is 0 Å². The molecule has 25 heavy (non-hydrogen) atoms. The number of aryl methyl sites for hydroxylation is 1. The highest BCUT2D eigenvalue weighted by Crippen LogP contribution is 2.21. The molecule has 1 aromatic carbocycles. The predicted octanol–water partition coefficient (Wildman–Crippen LogP) is 2.58. The van der Waals surface area contributed by atoms with Gasteiger partial charge in [0.05, 0.1) is 12.5 Å². The zero-order chi connectivity index (χ0) is 17.5. The minimum absolute atomic E-state index is 0. The molecule has 6 heteroatoms. The van der Waals surface area contributed by atoms with Crippen molar-refractivity contribution in [2.45, 2.75) is 52.1 Å². The molecular weight excluding hydrogens is 338 g/mol. The maximum absolute atomic E-state index is 12.9. The minimum atomic E-state index is -0.274. The fourth-order valence-corrected chi connectivity index (χ4v) is 3.25. The maximum atomic E-state index is 12.9. The standard InChI is InChI=1S/C19H29N3O2.ClH/c1-4-11-22(17-9-10-20-13-17)19(24)12-18(21-15(3)23)16-7-5-14(2)6-8-16;/h5-8,17-18,20H,4,9-13H2,1-3H3,(H,21,23);1H. The third-order valence-electron chi connectivity index (χ3n) is 4.50. The molecule has 140 valence electrons. The van der Waals surface area contributed by atoms with E-state index in [-0.39, 0.29) is 36.3 Å². The summed E-state index contributed by atoms with van der Waals surface area (Å²) in [6, 6.07) is 8.01. The lowest BCUT2D eigenvalue weighted by Crippen LogP contribution is -2.43. The molecule has 1 saturated heterocycles. The molecular formula is C19H30ClN3O2. The van der Waals surface area contributed by atoms with Crippen molar-refractivity contribution < 1.29 is 9.59 Å². The molecule has 2 amide bonds. The number of carbonyl (C=O) groups is 2. The van der Waals surface area contributed by atoms with Crippen molar-refractivity contribution in [1.82, 2.24) is 15.5 Å². The largest absolute Gasteiger partial charge is 0.349 e. The van der Waals surface area contributed by atoms with Gasteiger partial charge in [-0.15, -0.1) is 12.4 Å². The molecule has 2 N–H and O–H groups in total. The first-order valence-electron chi connectivity index (χ1n) is 8.85. The van der Waals surface area contributed by atoms with Crippen LogP contribution in [-0.2, 0) is 9.59 Å². The van der Waals surface area contributed by atoms with Gasteiger partial charge in [0.1, 0.15) is 0 Å². The molecule has 1 aliphatic heterocycles. The fraction of sp³-hybridized carbons (Fsp3) is 0.579. The highest BCUT2D eigenvalue weighted by atomic mass is 35.5. The average molecular weight is 368 g/mol. The Morgan fingerprint density at radius 3 is 2.52 bits per heavy atom. The van der Waals surface area contributed by atoms with Crippen molar-refractivity contribution in [2.24, 2.45) is 0 Å². The van der Waals surface area contributed by atoms with Crippen LogP contribution in [0.5, 0.6) is 0 Å². The Balaban J connectivity index is 0.00000312. The summed E-state index contributed by atoms with van der Waals surface area (Å²) in [7, 11) is 0. The molecule has 2 rings (SSSR count). The van der Waals surface area contributed by atoms with Gasteiger partial charge in [0, 0.05) is 26.1 Å². The molecule has 1 fully saturated rings. The van der Waals surface area contributed by atoms with E-state index in [9.17, 15) is 9.59 Å². The van der Waals surface area contributed by atoms with Crippen molar-refractivity contribution in [3.05, 3.63) is 35.4 Å². The van der Waals surface area contributed by atoms with Gasteiger partial charge in [-0.1, -0.05) is 36.8 Å². The van der Waals surface area contributed by atoms with Crippen LogP contribution in [-0.4, -0.2) is 42.4 Å².